The van der Waals surface area contributed by atoms with Crippen molar-refractivity contribution >= 4 is 11.7 Å². The number of amides is 1. The molecule has 1 unspecified atom stereocenters. The van der Waals surface area contributed by atoms with Gasteiger partial charge in [0.1, 0.15) is 11.5 Å². The number of piperidine rings is 1. The van der Waals surface area contributed by atoms with Gasteiger partial charge in [0.25, 0.3) is 5.91 Å². The monoisotopic (exact) mass is 386 g/mol. The number of carbonyl (C=O) groups is 2. The van der Waals surface area contributed by atoms with Crippen LogP contribution in [0.15, 0.2) is 79.1 Å². The smallest absolute Gasteiger partial charge is 0.255 e. The Kier molecular flexibility index (Phi) is 5.66. The summed E-state index contributed by atoms with van der Waals surface area (Å²) in [5, 5.41) is 0. The third kappa shape index (κ3) is 4.51. The Morgan fingerprint density at radius 2 is 1.66 bits per heavy atom. The quantitative estimate of drug-likeness (QED) is 0.601. The number of pyridine rings is 1. The Balaban J connectivity index is 1.41. The van der Waals surface area contributed by atoms with Crippen molar-refractivity contribution in [2.75, 3.05) is 13.1 Å². The molecule has 2 heterocycles. The van der Waals surface area contributed by atoms with Crippen molar-refractivity contribution in [2.24, 2.45) is 5.92 Å². The molecule has 0 aliphatic carbocycles. The Morgan fingerprint density at radius 3 is 2.38 bits per heavy atom. The summed E-state index contributed by atoms with van der Waals surface area (Å²) in [4.78, 5) is 31.4. The fourth-order valence-electron chi connectivity index (χ4n) is 3.60. The topological polar surface area (TPSA) is 59.5 Å². The van der Waals surface area contributed by atoms with Crippen LogP contribution < -0.4 is 4.74 Å². The maximum absolute atomic E-state index is 13.0. The van der Waals surface area contributed by atoms with Crippen LogP contribution in [-0.2, 0) is 0 Å². The molecule has 0 N–H and O–H groups in total. The standard InChI is InChI=1S/C24H22N2O3/c27-23(18-10-12-22(13-11-18)29-21-8-2-1-3-9-21)20-7-5-15-26(17-20)24(28)19-6-4-14-25-16-19/h1-4,6,8-14,16,20H,5,7,15,17H2. The Bertz CT molecular complexity index is 972. The molecule has 0 saturated carbocycles. The van der Waals surface area contributed by atoms with Gasteiger partial charge >= 0.3 is 0 Å². The zero-order valence-corrected chi connectivity index (χ0v) is 16.0. The molecule has 29 heavy (non-hydrogen) atoms. The maximum Gasteiger partial charge on any atom is 0.255 e. The summed E-state index contributed by atoms with van der Waals surface area (Å²) in [5.41, 5.74) is 1.20. The minimum absolute atomic E-state index is 0.0674. The minimum Gasteiger partial charge on any atom is -0.457 e. The van der Waals surface area contributed by atoms with Crippen molar-refractivity contribution in [1.29, 1.82) is 0 Å². The molecule has 1 fully saturated rings. The summed E-state index contributed by atoms with van der Waals surface area (Å²) in [6.07, 6.45) is 4.82. The number of Topliss-reactive ketones (excluding diaryl/α,β-unsaturated/α-hetero) is 1. The zero-order valence-electron chi connectivity index (χ0n) is 16.0. The number of hydrogen-bond acceptors (Lipinski definition) is 4. The number of ketones is 1. The molecule has 4 rings (SSSR count). The average Bonchev–Trinajstić information content (AvgIpc) is 2.80. The Labute approximate surface area is 170 Å². The van der Waals surface area contributed by atoms with Gasteiger partial charge in [-0.3, -0.25) is 14.6 Å². The predicted octanol–water partition coefficient (Wildman–Crippen LogP) is 4.61. The summed E-state index contributed by atoms with van der Waals surface area (Å²) < 4.78 is 5.79. The molecule has 1 aliphatic rings. The van der Waals surface area contributed by atoms with Gasteiger partial charge in [0.05, 0.1) is 5.56 Å². The van der Waals surface area contributed by atoms with E-state index in [1.165, 1.54) is 0 Å². The molecule has 146 valence electrons. The molecule has 5 heteroatoms. The fraction of sp³-hybridized carbons (Fsp3) is 0.208. The molecule has 1 aromatic heterocycles. The van der Waals surface area contributed by atoms with Gasteiger partial charge in [-0.25, -0.2) is 0 Å². The van der Waals surface area contributed by atoms with Crippen LogP contribution in [0.5, 0.6) is 11.5 Å². The number of ether oxygens (including phenoxy) is 1. The second kappa shape index (κ2) is 8.69. The Morgan fingerprint density at radius 1 is 0.897 bits per heavy atom. The van der Waals surface area contributed by atoms with E-state index < -0.39 is 0 Å². The van der Waals surface area contributed by atoms with E-state index in [1.54, 1.807) is 41.6 Å². The number of para-hydroxylation sites is 1. The normalized spacial score (nSPS) is 16.3. The lowest BCUT2D eigenvalue weighted by Crippen LogP contribution is -2.42. The van der Waals surface area contributed by atoms with Gasteiger partial charge in [0.2, 0.25) is 0 Å². The van der Waals surface area contributed by atoms with Gasteiger partial charge in [-0.05, 0) is 61.4 Å². The van der Waals surface area contributed by atoms with E-state index in [1.807, 2.05) is 42.5 Å². The lowest BCUT2D eigenvalue weighted by molar-refractivity contribution is 0.0636. The van der Waals surface area contributed by atoms with Gasteiger partial charge < -0.3 is 9.64 Å². The summed E-state index contributed by atoms with van der Waals surface area (Å²) in [7, 11) is 0. The predicted molar refractivity (Wildman–Crippen MR) is 110 cm³/mol. The van der Waals surface area contributed by atoms with Crippen LogP contribution in [-0.4, -0.2) is 34.7 Å². The highest BCUT2D eigenvalue weighted by Crippen LogP contribution is 2.25. The van der Waals surface area contributed by atoms with Gasteiger partial charge in [0, 0.05) is 37.0 Å². The molecule has 0 spiro atoms. The molecule has 5 nitrogen and oxygen atoms in total. The van der Waals surface area contributed by atoms with Gasteiger partial charge in [-0.1, -0.05) is 18.2 Å². The van der Waals surface area contributed by atoms with Crippen LogP contribution in [0.1, 0.15) is 33.6 Å². The SMILES string of the molecule is O=C(c1ccc(Oc2ccccc2)cc1)C1CCCN(C(=O)c2cccnc2)C1. The van der Waals surface area contributed by atoms with Gasteiger partial charge in [-0.2, -0.15) is 0 Å². The van der Waals surface area contributed by atoms with Crippen molar-refractivity contribution in [3.8, 4) is 11.5 Å². The molecule has 0 bridgehead atoms. The summed E-state index contributed by atoms with van der Waals surface area (Å²) in [5.74, 6) is 1.25. The average molecular weight is 386 g/mol. The lowest BCUT2D eigenvalue weighted by Gasteiger charge is -2.32. The van der Waals surface area contributed by atoms with E-state index in [0.717, 1.165) is 18.6 Å². The summed E-state index contributed by atoms with van der Waals surface area (Å²) in [6.45, 7) is 1.11. The molecule has 3 aromatic rings. The first-order chi connectivity index (χ1) is 14.2. The van der Waals surface area contributed by atoms with Crippen LogP contribution in [0.25, 0.3) is 0 Å². The molecule has 1 saturated heterocycles. The van der Waals surface area contributed by atoms with Crippen molar-refractivity contribution in [1.82, 2.24) is 9.88 Å². The molecule has 1 aliphatic heterocycles. The number of carbonyl (C=O) groups excluding carboxylic acids is 2. The van der Waals surface area contributed by atoms with Gasteiger partial charge in [0.15, 0.2) is 5.78 Å². The van der Waals surface area contributed by atoms with Crippen molar-refractivity contribution in [2.45, 2.75) is 12.8 Å². The first-order valence-corrected chi connectivity index (χ1v) is 9.77. The first kappa shape index (κ1) is 18.9. The summed E-state index contributed by atoms with van der Waals surface area (Å²) >= 11 is 0. The van der Waals surface area contributed by atoms with Crippen LogP contribution in [0, 0.1) is 5.92 Å². The van der Waals surface area contributed by atoms with E-state index in [9.17, 15) is 9.59 Å². The van der Waals surface area contributed by atoms with E-state index >= 15 is 0 Å². The molecule has 2 aromatic carbocycles. The fourth-order valence-corrected chi connectivity index (χ4v) is 3.60. The number of aromatic nitrogens is 1. The van der Waals surface area contributed by atoms with E-state index in [-0.39, 0.29) is 17.6 Å². The maximum atomic E-state index is 13.0. The third-order valence-corrected chi connectivity index (χ3v) is 5.11. The minimum atomic E-state index is -0.190. The number of rotatable bonds is 5. The van der Waals surface area contributed by atoms with Crippen LogP contribution in [0.4, 0.5) is 0 Å². The lowest BCUT2D eigenvalue weighted by atomic mass is 9.89. The second-order valence-electron chi connectivity index (χ2n) is 7.14. The highest BCUT2D eigenvalue weighted by Gasteiger charge is 2.29. The number of likely N-dealkylation sites (tertiary alicyclic amines) is 1. The van der Waals surface area contributed by atoms with Crippen LogP contribution in [0.2, 0.25) is 0 Å². The number of nitrogens with zero attached hydrogens (tertiary/aromatic N) is 2. The highest BCUT2D eigenvalue weighted by molar-refractivity contribution is 5.99. The largest absolute Gasteiger partial charge is 0.457 e. The van der Waals surface area contributed by atoms with Gasteiger partial charge in [-0.15, -0.1) is 0 Å². The Hall–Kier alpha value is -3.47. The van der Waals surface area contributed by atoms with Crippen molar-refractivity contribution in [3.63, 3.8) is 0 Å². The summed E-state index contributed by atoms with van der Waals surface area (Å²) in [6, 6.07) is 20.2. The van der Waals surface area contributed by atoms with E-state index in [2.05, 4.69) is 4.98 Å². The molecular weight excluding hydrogens is 364 g/mol. The molecule has 1 amide bonds. The van der Waals surface area contributed by atoms with E-state index in [0.29, 0.717) is 30.0 Å². The number of benzene rings is 2. The van der Waals surface area contributed by atoms with Crippen LogP contribution in [0.3, 0.4) is 0 Å². The number of hydrogen-bond donors (Lipinski definition) is 0. The van der Waals surface area contributed by atoms with Crippen molar-refractivity contribution in [3.05, 3.63) is 90.3 Å². The first-order valence-electron chi connectivity index (χ1n) is 9.77. The van der Waals surface area contributed by atoms with Crippen LogP contribution >= 0.6 is 0 Å². The highest BCUT2D eigenvalue weighted by atomic mass is 16.5. The second-order valence-corrected chi connectivity index (χ2v) is 7.14. The molecule has 1 atom stereocenters. The zero-order chi connectivity index (χ0) is 20.1. The molecule has 0 radical (unpaired) electrons. The molecular formula is C24H22N2O3. The van der Waals surface area contributed by atoms with E-state index in [4.69, 9.17) is 4.74 Å². The van der Waals surface area contributed by atoms with Crippen molar-refractivity contribution < 1.29 is 14.3 Å². The third-order valence-electron chi connectivity index (χ3n) is 5.11.